The van der Waals surface area contributed by atoms with Crippen molar-refractivity contribution in [2.24, 2.45) is 0 Å². The van der Waals surface area contributed by atoms with Gasteiger partial charge in [-0.05, 0) is 32.9 Å². The Kier molecular flexibility index (Phi) is 4.98. The van der Waals surface area contributed by atoms with Crippen LogP contribution in [0.25, 0.3) is 11.0 Å². The zero-order chi connectivity index (χ0) is 16.9. The molecule has 3 rings (SSSR count). The monoisotopic (exact) mass is 329 g/mol. The van der Waals surface area contributed by atoms with Crippen molar-refractivity contribution in [2.45, 2.75) is 32.7 Å². The molecular formula is C17H23N5O2. The number of rotatable bonds is 5. The minimum Gasteiger partial charge on any atom is -0.462 e. The highest BCUT2D eigenvalue weighted by Gasteiger charge is 2.22. The first-order valence-corrected chi connectivity index (χ1v) is 8.35. The van der Waals surface area contributed by atoms with E-state index >= 15 is 0 Å². The Morgan fingerprint density at radius 2 is 2.42 bits per heavy atom. The number of allylic oxidation sites excluding steroid dienone is 1. The first-order valence-electron chi connectivity index (χ1n) is 8.35. The second kappa shape index (κ2) is 7.33. The molecule has 0 unspecified atom stereocenters. The molecule has 0 amide bonds. The lowest BCUT2D eigenvalue weighted by molar-refractivity contribution is 0.0528. The second-order valence-electron chi connectivity index (χ2n) is 5.83. The van der Waals surface area contributed by atoms with E-state index in [0.29, 0.717) is 29.0 Å². The van der Waals surface area contributed by atoms with Gasteiger partial charge >= 0.3 is 5.97 Å². The Morgan fingerprint density at radius 3 is 3.21 bits per heavy atom. The van der Waals surface area contributed by atoms with Crippen molar-refractivity contribution in [3.8, 4) is 0 Å². The van der Waals surface area contributed by atoms with Crippen LogP contribution in [0.2, 0.25) is 0 Å². The Morgan fingerprint density at radius 1 is 1.54 bits per heavy atom. The molecule has 0 aliphatic carbocycles. The molecule has 1 aliphatic rings. The third kappa shape index (κ3) is 3.34. The van der Waals surface area contributed by atoms with Crippen LogP contribution in [-0.4, -0.2) is 51.6 Å². The maximum Gasteiger partial charge on any atom is 0.340 e. The molecule has 7 heteroatoms. The van der Waals surface area contributed by atoms with Crippen LogP contribution in [0.4, 0.5) is 5.82 Å². The lowest BCUT2D eigenvalue weighted by atomic mass is 10.1. The van der Waals surface area contributed by atoms with Crippen molar-refractivity contribution in [1.29, 1.82) is 0 Å². The van der Waals surface area contributed by atoms with Gasteiger partial charge < -0.3 is 19.9 Å². The van der Waals surface area contributed by atoms with Crippen molar-refractivity contribution in [3.05, 3.63) is 30.4 Å². The predicted octanol–water partition coefficient (Wildman–Crippen LogP) is 2.54. The van der Waals surface area contributed by atoms with Crippen LogP contribution >= 0.6 is 0 Å². The summed E-state index contributed by atoms with van der Waals surface area (Å²) >= 11 is 0. The quantitative estimate of drug-likeness (QED) is 0.820. The topological polar surface area (TPSA) is 83.1 Å². The molecule has 7 nitrogen and oxygen atoms in total. The van der Waals surface area contributed by atoms with Crippen LogP contribution < -0.4 is 5.32 Å². The molecule has 3 heterocycles. The van der Waals surface area contributed by atoms with Crippen molar-refractivity contribution in [1.82, 2.24) is 19.9 Å². The Balaban J connectivity index is 1.86. The van der Waals surface area contributed by atoms with Gasteiger partial charge in [0.25, 0.3) is 0 Å². The van der Waals surface area contributed by atoms with E-state index in [4.69, 9.17) is 4.74 Å². The summed E-state index contributed by atoms with van der Waals surface area (Å²) in [6, 6.07) is 0.276. The van der Waals surface area contributed by atoms with Gasteiger partial charge in [-0.15, -0.1) is 0 Å². The predicted molar refractivity (Wildman–Crippen MR) is 92.9 cm³/mol. The summed E-state index contributed by atoms with van der Waals surface area (Å²) in [6.45, 7) is 6.13. The fraction of sp³-hybridized carbons (Fsp3) is 0.471. The van der Waals surface area contributed by atoms with Gasteiger partial charge in [0.1, 0.15) is 17.8 Å². The van der Waals surface area contributed by atoms with E-state index in [9.17, 15) is 4.79 Å². The Hall–Kier alpha value is -2.57. The summed E-state index contributed by atoms with van der Waals surface area (Å²) in [5.74, 6) is 0.317. The maximum atomic E-state index is 12.2. The first-order chi connectivity index (χ1) is 11.7. The fourth-order valence-electron chi connectivity index (χ4n) is 3.11. The molecule has 0 aromatic carbocycles. The standard InChI is InChI=1S/C17H23N5O2/c1-3-7-22-8-5-6-12(10-22)21-16-14-13(17(23)24-4-2)9-18-15(14)19-11-20-16/h3,7,9,11-12H,4-6,8,10H2,1-2H3,(H2,18,19,20,21)/t12-/m1/s1. The number of piperidine rings is 1. The molecule has 0 saturated carbocycles. The van der Waals surface area contributed by atoms with Gasteiger partial charge in [-0.3, -0.25) is 0 Å². The zero-order valence-corrected chi connectivity index (χ0v) is 14.1. The summed E-state index contributed by atoms with van der Waals surface area (Å²) in [7, 11) is 0. The van der Waals surface area contributed by atoms with Crippen LogP contribution in [-0.2, 0) is 4.74 Å². The number of esters is 1. The van der Waals surface area contributed by atoms with Gasteiger partial charge in [-0.25, -0.2) is 14.8 Å². The highest BCUT2D eigenvalue weighted by atomic mass is 16.5. The first kappa shape index (κ1) is 16.3. The minimum absolute atomic E-state index is 0.276. The van der Waals surface area contributed by atoms with Gasteiger partial charge in [0.05, 0.1) is 17.6 Å². The van der Waals surface area contributed by atoms with E-state index in [-0.39, 0.29) is 12.0 Å². The highest BCUT2D eigenvalue weighted by molar-refractivity contribution is 6.07. The van der Waals surface area contributed by atoms with E-state index < -0.39 is 0 Å². The summed E-state index contributed by atoms with van der Waals surface area (Å²) in [5.41, 5.74) is 1.10. The summed E-state index contributed by atoms with van der Waals surface area (Å²) in [6.07, 6.45) is 9.49. The van der Waals surface area contributed by atoms with E-state index in [2.05, 4.69) is 37.4 Å². The van der Waals surface area contributed by atoms with Crippen LogP contribution in [0, 0.1) is 0 Å². The largest absolute Gasteiger partial charge is 0.462 e. The Bertz CT molecular complexity index is 740. The van der Waals surface area contributed by atoms with Crippen LogP contribution in [0.1, 0.15) is 37.0 Å². The molecule has 0 bridgehead atoms. The number of ether oxygens (including phenoxy) is 1. The highest BCUT2D eigenvalue weighted by Crippen LogP contribution is 2.26. The minimum atomic E-state index is -0.360. The smallest absolute Gasteiger partial charge is 0.340 e. The van der Waals surface area contributed by atoms with Gasteiger partial charge in [-0.1, -0.05) is 6.08 Å². The van der Waals surface area contributed by atoms with Gasteiger partial charge in [0.15, 0.2) is 0 Å². The molecule has 1 atom stereocenters. The van der Waals surface area contributed by atoms with Gasteiger partial charge in [0.2, 0.25) is 0 Å². The van der Waals surface area contributed by atoms with Gasteiger partial charge in [-0.2, -0.15) is 0 Å². The van der Waals surface area contributed by atoms with E-state index in [1.807, 2.05) is 6.92 Å². The van der Waals surface area contributed by atoms with Crippen LogP contribution in [0.3, 0.4) is 0 Å². The average molecular weight is 329 g/mol. The number of hydrogen-bond donors (Lipinski definition) is 2. The molecule has 2 aromatic heterocycles. The number of aromatic nitrogens is 3. The lowest BCUT2D eigenvalue weighted by Crippen LogP contribution is -2.39. The second-order valence-corrected chi connectivity index (χ2v) is 5.83. The molecule has 1 fully saturated rings. The SMILES string of the molecule is CC=CN1CCC[C@@H](Nc2ncnc3[nH]cc(C(=O)OCC)c23)C1. The molecule has 2 N–H and O–H groups in total. The van der Waals surface area contributed by atoms with Crippen LogP contribution in [0.15, 0.2) is 24.8 Å². The lowest BCUT2D eigenvalue weighted by Gasteiger charge is -2.32. The van der Waals surface area contributed by atoms with Crippen molar-refractivity contribution < 1.29 is 9.53 Å². The number of carbonyl (C=O) groups is 1. The summed E-state index contributed by atoms with van der Waals surface area (Å²) in [4.78, 5) is 26.0. The number of aromatic amines is 1. The molecule has 1 aliphatic heterocycles. The zero-order valence-electron chi connectivity index (χ0n) is 14.1. The fourth-order valence-corrected chi connectivity index (χ4v) is 3.11. The molecule has 128 valence electrons. The Labute approximate surface area is 141 Å². The number of H-pyrrole nitrogens is 1. The molecule has 2 aromatic rings. The maximum absolute atomic E-state index is 12.2. The number of nitrogens with one attached hydrogen (secondary N) is 2. The molecule has 0 spiro atoms. The van der Waals surface area contributed by atoms with Crippen molar-refractivity contribution in [2.75, 3.05) is 25.0 Å². The third-order valence-corrected chi connectivity index (χ3v) is 4.12. The molecule has 1 saturated heterocycles. The number of anilines is 1. The van der Waals surface area contributed by atoms with Gasteiger partial charge in [0, 0.05) is 25.3 Å². The van der Waals surface area contributed by atoms with E-state index in [1.165, 1.54) is 6.33 Å². The summed E-state index contributed by atoms with van der Waals surface area (Å²) in [5, 5.41) is 4.17. The normalized spacial score (nSPS) is 18.2. The molecular weight excluding hydrogens is 306 g/mol. The number of likely N-dealkylation sites (tertiary alicyclic amines) is 1. The average Bonchev–Trinajstić information content (AvgIpc) is 3.01. The van der Waals surface area contributed by atoms with E-state index in [0.717, 1.165) is 25.9 Å². The number of nitrogens with zero attached hydrogens (tertiary/aromatic N) is 3. The van der Waals surface area contributed by atoms with Crippen molar-refractivity contribution in [3.63, 3.8) is 0 Å². The van der Waals surface area contributed by atoms with Crippen LogP contribution in [0.5, 0.6) is 0 Å². The number of carbonyl (C=O) groups excluding carboxylic acids is 1. The number of hydrogen-bond acceptors (Lipinski definition) is 6. The third-order valence-electron chi connectivity index (χ3n) is 4.12. The van der Waals surface area contributed by atoms with Crippen molar-refractivity contribution >= 4 is 22.8 Å². The van der Waals surface area contributed by atoms with E-state index in [1.54, 1.807) is 13.1 Å². The molecule has 0 radical (unpaired) electrons. The number of fused-ring (bicyclic) bond motifs is 1. The summed E-state index contributed by atoms with van der Waals surface area (Å²) < 4.78 is 5.13. The molecule has 24 heavy (non-hydrogen) atoms.